The standard InChI is InChI=1S/C12H17N3O.ClH/c13-11-4-2-6-15(9-11)12(16)7-10-3-1-5-14-8-10;/h1,3,5,8,11H,2,4,6-7,9,13H2;1H/t11-;/m1./s1. The Hall–Kier alpha value is -1.13. The lowest BCUT2D eigenvalue weighted by Crippen LogP contribution is -2.46. The largest absolute Gasteiger partial charge is 0.341 e. The number of pyridine rings is 1. The first-order chi connectivity index (χ1) is 7.75. The second kappa shape index (κ2) is 6.57. The van der Waals surface area contributed by atoms with Crippen LogP contribution in [0.4, 0.5) is 0 Å². The second-order valence-electron chi connectivity index (χ2n) is 4.28. The Morgan fingerprint density at radius 2 is 2.41 bits per heavy atom. The van der Waals surface area contributed by atoms with Crippen LogP contribution in [0.5, 0.6) is 0 Å². The molecule has 0 spiro atoms. The van der Waals surface area contributed by atoms with E-state index in [2.05, 4.69) is 4.98 Å². The van der Waals surface area contributed by atoms with Crippen LogP contribution >= 0.6 is 12.4 Å². The van der Waals surface area contributed by atoms with E-state index in [9.17, 15) is 4.79 Å². The molecule has 1 aliphatic rings. The Balaban J connectivity index is 0.00000144. The van der Waals surface area contributed by atoms with Gasteiger partial charge in [-0.05, 0) is 24.5 Å². The SMILES string of the molecule is Cl.N[C@@H]1CCCN(C(=O)Cc2cccnc2)C1. The van der Waals surface area contributed by atoms with E-state index in [1.807, 2.05) is 17.0 Å². The molecule has 1 aromatic rings. The van der Waals surface area contributed by atoms with Gasteiger partial charge >= 0.3 is 0 Å². The van der Waals surface area contributed by atoms with Gasteiger partial charge in [0.25, 0.3) is 0 Å². The molecule has 1 aliphatic heterocycles. The van der Waals surface area contributed by atoms with Crippen LogP contribution in [-0.2, 0) is 11.2 Å². The summed E-state index contributed by atoms with van der Waals surface area (Å²) in [7, 11) is 0. The maximum atomic E-state index is 12.0. The zero-order chi connectivity index (χ0) is 11.4. The van der Waals surface area contributed by atoms with Gasteiger partial charge in [0.1, 0.15) is 0 Å². The number of carbonyl (C=O) groups is 1. The van der Waals surface area contributed by atoms with E-state index in [0.29, 0.717) is 13.0 Å². The van der Waals surface area contributed by atoms with Crippen molar-refractivity contribution in [1.29, 1.82) is 0 Å². The van der Waals surface area contributed by atoms with Crippen LogP contribution in [0.3, 0.4) is 0 Å². The molecular weight excluding hydrogens is 238 g/mol. The number of aromatic nitrogens is 1. The minimum atomic E-state index is 0. The summed E-state index contributed by atoms with van der Waals surface area (Å²) in [6.07, 6.45) is 5.92. The van der Waals surface area contributed by atoms with Crippen LogP contribution in [0.2, 0.25) is 0 Å². The van der Waals surface area contributed by atoms with E-state index in [4.69, 9.17) is 5.73 Å². The molecule has 1 atom stereocenters. The monoisotopic (exact) mass is 255 g/mol. The van der Waals surface area contributed by atoms with Gasteiger partial charge in [-0.2, -0.15) is 0 Å². The average Bonchev–Trinajstić information content (AvgIpc) is 2.30. The van der Waals surface area contributed by atoms with Gasteiger partial charge < -0.3 is 10.6 Å². The van der Waals surface area contributed by atoms with Crippen molar-refractivity contribution in [2.24, 2.45) is 5.73 Å². The number of hydrogen-bond acceptors (Lipinski definition) is 3. The summed E-state index contributed by atoms with van der Waals surface area (Å²) < 4.78 is 0. The summed E-state index contributed by atoms with van der Waals surface area (Å²) in [4.78, 5) is 17.8. The Labute approximate surface area is 108 Å². The maximum absolute atomic E-state index is 12.0. The average molecular weight is 256 g/mol. The Kier molecular flexibility index (Phi) is 5.38. The molecule has 2 rings (SSSR count). The number of piperidine rings is 1. The smallest absolute Gasteiger partial charge is 0.227 e. The summed E-state index contributed by atoms with van der Waals surface area (Å²) in [5, 5.41) is 0. The molecule has 2 heterocycles. The maximum Gasteiger partial charge on any atom is 0.227 e. The number of amides is 1. The molecule has 1 fully saturated rings. The molecule has 5 heteroatoms. The van der Waals surface area contributed by atoms with E-state index in [0.717, 1.165) is 24.9 Å². The molecule has 4 nitrogen and oxygen atoms in total. The number of nitrogens with zero attached hydrogens (tertiary/aromatic N) is 2. The van der Waals surface area contributed by atoms with Crippen molar-refractivity contribution in [1.82, 2.24) is 9.88 Å². The van der Waals surface area contributed by atoms with E-state index >= 15 is 0 Å². The van der Waals surface area contributed by atoms with E-state index < -0.39 is 0 Å². The Morgan fingerprint density at radius 3 is 3.06 bits per heavy atom. The molecule has 1 saturated heterocycles. The molecule has 17 heavy (non-hydrogen) atoms. The van der Waals surface area contributed by atoms with E-state index in [-0.39, 0.29) is 24.4 Å². The molecule has 0 saturated carbocycles. The summed E-state index contributed by atoms with van der Waals surface area (Å²) in [6, 6.07) is 3.92. The highest BCUT2D eigenvalue weighted by atomic mass is 35.5. The van der Waals surface area contributed by atoms with Crippen molar-refractivity contribution in [3.8, 4) is 0 Å². The summed E-state index contributed by atoms with van der Waals surface area (Å²) in [5.74, 6) is 0.156. The van der Waals surface area contributed by atoms with Crippen LogP contribution in [0.15, 0.2) is 24.5 Å². The van der Waals surface area contributed by atoms with Gasteiger partial charge in [-0.25, -0.2) is 0 Å². The van der Waals surface area contributed by atoms with Gasteiger partial charge in [0.15, 0.2) is 0 Å². The lowest BCUT2D eigenvalue weighted by molar-refractivity contribution is -0.131. The van der Waals surface area contributed by atoms with Crippen molar-refractivity contribution in [2.75, 3.05) is 13.1 Å². The normalized spacial score (nSPS) is 19.6. The van der Waals surface area contributed by atoms with Gasteiger partial charge in [-0.3, -0.25) is 9.78 Å². The number of nitrogens with two attached hydrogens (primary N) is 1. The highest BCUT2D eigenvalue weighted by Crippen LogP contribution is 2.10. The molecule has 1 amide bonds. The first-order valence-electron chi connectivity index (χ1n) is 5.68. The van der Waals surface area contributed by atoms with Crippen LogP contribution in [-0.4, -0.2) is 34.9 Å². The highest BCUT2D eigenvalue weighted by Gasteiger charge is 2.20. The third-order valence-corrected chi connectivity index (χ3v) is 2.89. The third kappa shape index (κ3) is 3.98. The minimum Gasteiger partial charge on any atom is -0.341 e. The molecule has 0 unspecified atom stereocenters. The Bertz CT molecular complexity index is 358. The molecule has 1 aromatic heterocycles. The summed E-state index contributed by atoms with van der Waals surface area (Å²) >= 11 is 0. The van der Waals surface area contributed by atoms with E-state index in [1.165, 1.54) is 0 Å². The zero-order valence-electron chi connectivity index (χ0n) is 9.71. The van der Waals surface area contributed by atoms with Crippen LogP contribution in [0.25, 0.3) is 0 Å². The Morgan fingerprint density at radius 1 is 1.59 bits per heavy atom. The van der Waals surface area contributed by atoms with Gasteiger partial charge in [0.2, 0.25) is 5.91 Å². The molecular formula is C12H18ClN3O. The molecule has 0 aromatic carbocycles. The summed E-state index contributed by atoms with van der Waals surface area (Å²) in [6.45, 7) is 1.53. The molecule has 2 N–H and O–H groups in total. The first-order valence-corrected chi connectivity index (χ1v) is 5.68. The number of halogens is 1. The zero-order valence-corrected chi connectivity index (χ0v) is 10.5. The van der Waals surface area contributed by atoms with Gasteiger partial charge in [0, 0.05) is 31.5 Å². The molecule has 0 aliphatic carbocycles. The fraction of sp³-hybridized carbons (Fsp3) is 0.500. The van der Waals surface area contributed by atoms with Crippen molar-refractivity contribution < 1.29 is 4.79 Å². The first kappa shape index (κ1) is 13.9. The van der Waals surface area contributed by atoms with Crippen molar-refractivity contribution in [3.63, 3.8) is 0 Å². The van der Waals surface area contributed by atoms with Crippen molar-refractivity contribution in [2.45, 2.75) is 25.3 Å². The second-order valence-corrected chi connectivity index (χ2v) is 4.28. The number of hydrogen-bond donors (Lipinski definition) is 1. The quantitative estimate of drug-likeness (QED) is 0.858. The number of likely N-dealkylation sites (tertiary alicyclic amines) is 1. The van der Waals surface area contributed by atoms with Gasteiger partial charge in [0.05, 0.1) is 6.42 Å². The van der Waals surface area contributed by atoms with Crippen molar-refractivity contribution >= 4 is 18.3 Å². The topological polar surface area (TPSA) is 59.2 Å². The van der Waals surface area contributed by atoms with Gasteiger partial charge in [-0.1, -0.05) is 6.07 Å². The lowest BCUT2D eigenvalue weighted by atomic mass is 10.1. The van der Waals surface area contributed by atoms with Gasteiger partial charge in [-0.15, -0.1) is 12.4 Å². The molecule has 0 bridgehead atoms. The van der Waals surface area contributed by atoms with Crippen LogP contribution in [0, 0.1) is 0 Å². The predicted octanol–water partition coefficient (Wildman–Crippen LogP) is 0.996. The third-order valence-electron chi connectivity index (χ3n) is 2.89. The van der Waals surface area contributed by atoms with Crippen LogP contribution in [0.1, 0.15) is 18.4 Å². The van der Waals surface area contributed by atoms with Crippen LogP contribution < -0.4 is 5.73 Å². The predicted molar refractivity (Wildman–Crippen MR) is 69.0 cm³/mol. The fourth-order valence-electron chi connectivity index (χ4n) is 2.03. The van der Waals surface area contributed by atoms with E-state index in [1.54, 1.807) is 12.4 Å². The number of carbonyl (C=O) groups excluding carboxylic acids is 1. The lowest BCUT2D eigenvalue weighted by Gasteiger charge is -2.30. The summed E-state index contributed by atoms with van der Waals surface area (Å²) in [5.41, 5.74) is 6.81. The highest BCUT2D eigenvalue weighted by molar-refractivity contribution is 5.85. The minimum absolute atomic E-state index is 0. The molecule has 0 radical (unpaired) electrons. The van der Waals surface area contributed by atoms with Crippen molar-refractivity contribution in [3.05, 3.63) is 30.1 Å². The molecule has 94 valence electrons. The number of rotatable bonds is 2. The fourth-order valence-corrected chi connectivity index (χ4v) is 2.03.